The molecule has 1 heterocycles. The molecule has 0 aliphatic carbocycles. The zero-order valence-electron chi connectivity index (χ0n) is 13.9. The Morgan fingerprint density at radius 2 is 2.22 bits per heavy atom. The number of nitrogens with zero attached hydrogens (tertiary/aromatic N) is 1. The van der Waals surface area contributed by atoms with Gasteiger partial charge in [0, 0.05) is 36.3 Å². The van der Waals surface area contributed by atoms with E-state index in [1.54, 1.807) is 17.0 Å². The predicted octanol–water partition coefficient (Wildman–Crippen LogP) is 3.97. The molecule has 0 spiro atoms. The fourth-order valence-electron chi connectivity index (χ4n) is 2.58. The van der Waals surface area contributed by atoms with E-state index in [1.807, 2.05) is 20.8 Å². The fraction of sp³-hybridized carbons (Fsp3) is 0.588. The van der Waals surface area contributed by atoms with Crippen molar-refractivity contribution in [3.05, 3.63) is 34.6 Å². The molecular formula is C17H24ClFN2O2. The van der Waals surface area contributed by atoms with Crippen molar-refractivity contribution in [1.82, 2.24) is 10.2 Å². The molecule has 0 saturated carbocycles. The molecule has 0 aromatic heterocycles. The monoisotopic (exact) mass is 342 g/mol. The van der Waals surface area contributed by atoms with E-state index in [-0.39, 0.29) is 18.0 Å². The van der Waals surface area contributed by atoms with E-state index in [9.17, 15) is 9.18 Å². The fourth-order valence-corrected chi connectivity index (χ4v) is 2.81. The Labute approximate surface area is 141 Å². The van der Waals surface area contributed by atoms with E-state index in [4.69, 9.17) is 16.3 Å². The van der Waals surface area contributed by atoms with Crippen LogP contribution in [0.5, 0.6) is 0 Å². The van der Waals surface area contributed by atoms with Gasteiger partial charge in [-0.1, -0.05) is 17.7 Å². The molecule has 1 aliphatic heterocycles. The van der Waals surface area contributed by atoms with Gasteiger partial charge in [-0.3, -0.25) is 0 Å². The van der Waals surface area contributed by atoms with E-state index < -0.39 is 5.60 Å². The number of piperidine rings is 1. The molecule has 1 N–H and O–H groups in total. The normalized spacial score (nSPS) is 18.8. The first kappa shape index (κ1) is 18.0. The van der Waals surface area contributed by atoms with Crippen LogP contribution < -0.4 is 5.32 Å². The zero-order valence-corrected chi connectivity index (χ0v) is 14.6. The highest BCUT2D eigenvalue weighted by Gasteiger charge is 2.27. The molecule has 1 atom stereocenters. The van der Waals surface area contributed by atoms with Crippen LogP contribution in [-0.2, 0) is 11.3 Å². The van der Waals surface area contributed by atoms with Crippen LogP contribution in [0.15, 0.2) is 18.2 Å². The first-order valence-corrected chi connectivity index (χ1v) is 8.28. The summed E-state index contributed by atoms with van der Waals surface area (Å²) in [6.07, 6.45) is 1.53. The van der Waals surface area contributed by atoms with Gasteiger partial charge in [0.1, 0.15) is 11.4 Å². The zero-order chi connectivity index (χ0) is 17.0. The van der Waals surface area contributed by atoms with E-state index in [2.05, 4.69) is 5.32 Å². The van der Waals surface area contributed by atoms with Gasteiger partial charge in [-0.2, -0.15) is 0 Å². The molecule has 4 nitrogen and oxygen atoms in total. The summed E-state index contributed by atoms with van der Waals surface area (Å²) in [5, 5.41) is 3.71. The van der Waals surface area contributed by atoms with Crippen LogP contribution in [0.25, 0.3) is 0 Å². The number of ether oxygens (including phenoxy) is 1. The Morgan fingerprint density at radius 1 is 1.48 bits per heavy atom. The van der Waals surface area contributed by atoms with Crippen LogP contribution in [-0.4, -0.2) is 35.7 Å². The lowest BCUT2D eigenvalue weighted by Gasteiger charge is -2.34. The molecule has 1 saturated heterocycles. The van der Waals surface area contributed by atoms with Crippen molar-refractivity contribution in [2.24, 2.45) is 0 Å². The van der Waals surface area contributed by atoms with Gasteiger partial charge in [-0.15, -0.1) is 0 Å². The third-order valence-electron chi connectivity index (χ3n) is 3.70. The van der Waals surface area contributed by atoms with Gasteiger partial charge in [-0.05, 0) is 45.7 Å². The van der Waals surface area contributed by atoms with E-state index in [0.29, 0.717) is 30.2 Å². The largest absolute Gasteiger partial charge is 0.444 e. The van der Waals surface area contributed by atoms with Gasteiger partial charge in [0.2, 0.25) is 0 Å². The lowest BCUT2D eigenvalue weighted by atomic mass is 10.1. The Hall–Kier alpha value is -1.33. The number of benzene rings is 1. The number of likely N-dealkylation sites (tertiary alicyclic amines) is 1. The summed E-state index contributed by atoms with van der Waals surface area (Å²) in [5.74, 6) is -0.315. The average molecular weight is 343 g/mol. The molecule has 1 aromatic rings. The minimum absolute atomic E-state index is 0.104. The number of amides is 1. The molecule has 1 amide bonds. The van der Waals surface area contributed by atoms with Crippen molar-refractivity contribution in [3.8, 4) is 0 Å². The minimum Gasteiger partial charge on any atom is -0.444 e. The number of carbonyl (C=O) groups excluding carboxylic acids is 1. The number of carbonyl (C=O) groups is 1. The molecule has 2 rings (SSSR count). The van der Waals surface area contributed by atoms with Crippen molar-refractivity contribution in [3.63, 3.8) is 0 Å². The highest BCUT2D eigenvalue weighted by atomic mass is 35.5. The summed E-state index contributed by atoms with van der Waals surface area (Å²) < 4.78 is 19.2. The molecular weight excluding hydrogens is 319 g/mol. The van der Waals surface area contributed by atoms with Crippen LogP contribution in [0.3, 0.4) is 0 Å². The highest BCUT2D eigenvalue weighted by molar-refractivity contribution is 6.31. The molecule has 1 aromatic carbocycles. The van der Waals surface area contributed by atoms with Crippen molar-refractivity contribution in [2.45, 2.75) is 51.8 Å². The number of hydrogen-bond donors (Lipinski definition) is 1. The van der Waals surface area contributed by atoms with Gasteiger partial charge in [-0.25, -0.2) is 9.18 Å². The van der Waals surface area contributed by atoms with Crippen LogP contribution in [0.4, 0.5) is 9.18 Å². The Kier molecular flexibility index (Phi) is 5.87. The molecule has 0 bridgehead atoms. The van der Waals surface area contributed by atoms with Crippen LogP contribution in [0.1, 0.15) is 39.2 Å². The van der Waals surface area contributed by atoms with Crippen molar-refractivity contribution >= 4 is 17.7 Å². The first-order chi connectivity index (χ1) is 10.8. The second-order valence-corrected chi connectivity index (χ2v) is 7.25. The molecule has 6 heteroatoms. The molecule has 23 heavy (non-hydrogen) atoms. The SMILES string of the molecule is CC(C)(C)OC(=O)N1CCCC(NCc2c(F)cccc2Cl)C1. The lowest BCUT2D eigenvalue weighted by molar-refractivity contribution is 0.0187. The van der Waals surface area contributed by atoms with Crippen molar-refractivity contribution in [2.75, 3.05) is 13.1 Å². The number of halogens is 2. The molecule has 1 fully saturated rings. The van der Waals surface area contributed by atoms with E-state index >= 15 is 0 Å². The summed E-state index contributed by atoms with van der Waals surface area (Å²) in [5.41, 5.74) is -0.0402. The van der Waals surface area contributed by atoms with Gasteiger partial charge < -0.3 is 15.0 Å². The number of rotatable bonds is 3. The van der Waals surface area contributed by atoms with Crippen molar-refractivity contribution < 1.29 is 13.9 Å². The smallest absolute Gasteiger partial charge is 0.410 e. The Balaban J connectivity index is 1.90. The maximum absolute atomic E-state index is 13.8. The number of hydrogen-bond acceptors (Lipinski definition) is 3. The van der Waals surface area contributed by atoms with Gasteiger partial charge in [0.15, 0.2) is 0 Å². The summed E-state index contributed by atoms with van der Waals surface area (Å²) in [6.45, 7) is 7.15. The minimum atomic E-state index is -0.502. The number of nitrogens with one attached hydrogen (secondary N) is 1. The Bertz CT molecular complexity index is 540. The second-order valence-electron chi connectivity index (χ2n) is 6.85. The van der Waals surface area contributed by atoms with Gasteiger partial charge >= 0.3 is 6.09 Å². The summed E-state index contributed by atoms with van der Waals surface area (Å²) in [6, 6.07) is 4.77. The average Bonchev–Trinajstić information content (AvgIpc) is 2.45. The maximum Gasteiger partial charge on any atom is 0.410 e. The third kappa shape index (κ3) is 5.36. The van der Waals surface area contributed by atoms with E-state index in [0.717, 1.165) is 12.8 Å². The maximum atomic E-state index is 13.8. The molecule has 1 unspecified atom stereocenters. The summed E-state index contributed by atoms with van der Waals surface area (Å²) in [7, 11) is 0. The summed E-state index contributed by atoms with van der Waals surface area (Å²) in [4.78, 5) is 13.8. The van der Waals surface area contributed by atoms with Gasteiger partial charge in [0.05, 0.1) is 0 Å². The molecule has 1 aliphatic rings. The van der Waals surface area contributed by atoms with Crippen molar-refractivity contribution in [1.29, 1.82) is 0 Å². The van der Waals surface area contributed by atoms with Crippen LogP contribution in [0, 0.1) is 5.82 Å². The molecule has 0 radical (unpaired) electrons. The second kappa shape index (κ2) is 7.49. The Morgan fingerprint density at radius 3 is 2.87 bits per heavy atom. The van der Waals surface area contributed by atoms with Crippen LogP contribution >= 0.6 is 11.6 Å². The quantitative estimate of drug-likeness (QED) is 0.903. The van der Waals surface area contributed by atoms with E-state index in [1.165, 1.54) is 6.07 Å². The third-order valence-corrected chi connectivity index (χ3v) is 4.06. The van der Waals surface area contributed by atoms with Gasteiger partial charge in [0.25, 0.3) is 0 Å². The predicted molar refractivity (Wildman–Crippen MR) is 89.1 cm³/mol. The lowest BCUT2D eigenvalue weighted by Crippen LogP contribution is -2.49. The standard InChI is InChI=1S/C17H24ClFN2O2/c1-17(2,3)23-16(22)21-9-5-6-12(11-21)20-10-13-14(18)7-4-8-15(13)19/h4,7-8,12,20H,5-6,9-11H2,1-3H3. The first-order valence-electron chi connectivity index (χ1n) is 7.90. The summed E-state index contributed by atoms with van der Waals surface area (Å²) >= 11 is 6.03. The highest BCUT2D eigenvalue weighted by Crippen LogP contribution is 2.20. The topological polar surface area (TPSA) is 41.6 Å². The molecule has 128 valence electrons. The van der Waals surface area contributed by atoms with Crippen LogP contribution in [0.2, 0.25) is 5.02 Å².